The number of nitrogens with zero attached hydrogens (tertiary/aromatic N) is 1. The van der Waals surface area contributed by atoms with E-state index >= 15 is 0 Å². The Morgan fingerprint density at radius 2 is 2.29 bits per heavy atom. The zero-order valence-electron chi connectivity index (χ0n) is 9.73. The van der Waals surface area contributed by atoms with Crippen molar-refractivity contribution < 1.29 is 4.79 Å². The lowest BCUT2D eigenvalue weighted by Gasteiger charge is -2.25. The summed E-state index contributed by atoms with van der Waals surface area (Å²) in [5.74, 6) is 1.03. The fourth-order valence-corrected chi connectivity index (χ4v) is 3.35. The number of likely N-dealkylation sites (tertiary alicyclic amines) is 1. The second kappa shape index (κ2) is 4.43. The number of hydrogen-bond acceptors (Lipinski definition) is 2. The SMILES string of the molecule is O=C(CN1CC2CCC1C2)c1cccc(Cl)c1. The standard InChI is InChI=1S/C14H16ClNO/c15-12-3-1-2-11(7-12)14(17)9-16-8-10-4-5-13(16)6-10/h1-3,7,10,13H,4-6,8-9H2. The van der Waals surface area contributed by atoms with Gasteiger partial charge in [0.25, 0.3) is 0 Å². The number of halogens is 1. The largest absolute Gasteiger partial charge is 0.293 e. The summed E-state index contributed by atoms with van der Waals surface area (Å²) in [5, 5.41) is 0.638. The molecule has 2 aliphatic rings. The summed E-state index contributed by atoms with van der Waals surface area (Å²) >= 11 is 5.90. The topological polar surface area (TPSA) is 20.3 Å². The highest BCUT2D eigenvalue weighted by molar-refractivity contribution is 6.31. The molecule has 1 aliphatic heterocycles. The molecule has 1 heterocycles. The van der Waals surface area contributed by atoms with Gasteiger partial charge in [-0.1, -0.05) is 23.7 Å². The highest BCUT2D eigenvalue weighted by atomic mass is 35.5. The average molecular weight is 250 g/mol. The number of ketones is 1. The lowest BCUT2D eigenvalue weighted by atomic mass is 10.1. The summed E-state index contributed by atoms with van der Waals surface area (Å²) in [4.78, 5) is 14.5. The molecule has 0 aromatic heterocycles. The Morgan fingerprint density at radius 1 is 1.41 bits per heavy atom. The minimum atomic E-state index is 0.194. The van der Waals surface area contributed by atoms with Crippen molar-refractivity contribution in [2.24, 2.45) is 5.92 Å². The Bertz CT molecular complexity index is 446. The second-order valence-electron chi connectivity index (χ2n) is 5.20. The summed E-state index contributed by atoms with van der Waals surface area (Å²) in [6.45, 7) is 1.67. The first-order valence-corrected chi connectivity index (χ1v) is 6.63. The molecule has 17 heavy (non-hydrogen) atoms. The van der Waals surface area contributed by atoms with Gasteiger partial charge in [-0.25, -0.2) is 0 Å². The van der Waals surface area contributed by atoms with Crippen molar-refractivity contribution in [1.82, 2.24) is 4.90 Å². The highest BCUT2D eigenvalue weighted by Crippen LogP contribution is 2.37. The van der Waals surface area contributed by atoms with Crippen LogP contribution >= 0.6 is 11.6 Å². The first kappa shape index (κ1) is 11.2. The van der Waals surface area contributed by atoms with E-state index in [1.807, 2.05) is 12.1 Å². The highest BCUT2D eigenvalue weighted by Gasteiger charge is 2.38. The Morgan fingerprint density at radius 3 is 2.94 bits per heavy atom. The van der Waals surface area contributed by atoms with E-state index in [0.717, 1.165) is 18.0 Å². The second-order valence-corrected chi connectivity index (χ2v) is 5.63. The minimum Gasteiger partial charge on any atom is -0.293 e. The van der Waals surface area contributed by atoms with Gasteiger partial charge in [-0.2, -0.15) is 0 Å². The van der Waals surface area contributed by atoms with Gasteiger partial charge in [0.15, 0.2) is 5.78 Å². The van der Waals surface area contributed by atoms with E-state index < -0.39 is 0 Å². The number of carbonyl (C=O) groups excluding carboxylic acids is 1. The molecule has 2 fully saturated rings. The van der Waals surface area contributed by atoms with Crippen molar-refractivity contribution in [2.45, 2.75) is 25.3 Å². The fourth-order valence-electron chi connectivity index (χ4n) is 3.16. The van der Waals surface area contributed by atoms with Gasteiger partial charge in [-0.3, -0.25) is 9.69 Å². The van der Waals surface area contributed by atoms with Crippen LogP contribution in [0.25, 0.3) is 0 Å². The quantitative estimate of drug-likeness (QED) is 0.768. The fraction of sp³-hybridized carbons (Fsp3) is 0.500. The van der Waals surface area contributed by atoms with Crippen LogP contribution in [0.3, 0.4) is 0 Å². The lowest BCUT2D eigenvalue weighted by Crippen LogP contribution is -2.36. The molecule has 90 valence electrons. The van der Waals surface area contributed by atoms with E-state index in [1.165, 1.54) is 19.3 Å². The molecule has 0 spiro atoms. The molecule has 1 aromatic carbocycles. The maximum Gasteiger partial charge on any atom is 0.176 e. The van der Waals surface area contributed by atoms with Gasteiger partial charge in [0.2, 0.25) is 0 Å². The molecular weight excluding hydrogens is 234 g/mol. The van der Waals surface area contributed by atoms with Crippen LogP contribution in [0.4, 0.5) is 0 Å². The molecule has 0 radical (unpaired) electrons. The minimum absolute atomic E-state index is 0.194. The van der Waals surface area contributed by atoms with Gasteiger partial charge in [-0.05, 0) is 37.3 Å². The molecule has 2 atom stereocenters. The van der Waals surface area contributed by atoms with Gasteiger partial charge in [0, 0.05) is 23.2 Å². The number of carbonyl (C=O) groups is 1. The van der Waals surface area contributed by atoms with Crippen LogP contribution in [-0.4, -0.2) is 29.8 Å². The number of benzene rings is 1. The van der Waals surface area contributed by atoms with Crippen molar-refractivity contribution in [2.75, 3.05) is 13.1 Å². The smallest absolute Gasteiger partial charge is 0.176 e. The molecule has 1 aliphatic carbocycles. The van der Waals surface area contributed by atoms with Crippen molar-refractivity contribution in [3.05, 3.63) is 34.9 Å². The molecule has 1 saturated carbocycles. The lowest BCUT2D eigenvalue weighted by molar-refractivity contribution is 0.0905. The van der Waals surface area contributed by atoms with Gasteiger partial charge < -0.3 is 0 Å². The molecule has 2 nitrogen and oxygen atoms in total. The Labute approximate surface area is 107 Å². The third-order valence-electron chi connectivity index (χ3n) is 4.02. The normalized spacial score (nSPS) is 27.6. The molecule has 3 rings (SSSR count). The molecule has 1 aromatic rings. The monoisotopic (exact) mass is 249 g/mol. The van der Waals surface area contributed by atoms with Crippen LogP contribution in [0.5, 0.6) is 0 Å². The van der Waals surface area contributed by atoms with Crippen molar-refractivity contribution in [1.29, 1.82) is 0 Å². The van der Waals surface area contributed by atoms with Crippen molar-refractivity contribution in [3.8, 4) is 0 Å². The average Bonchev–Trinajstić information content (AvgIpc) is 2.91. The summed E-state index contributed by atoms with van der Waals surface area (Å²) < 4.78 is 0. The van der Waals surface area contributed by atoms with Gasteiger partial charge in [0.1, 0.15) is 0 Å². The van der Waals surface area contributed by atoms with Crippen LogP contribution in [0.1, 0.15) is 29.6 Å². The number of fused-ring (bicyclic) bond motifs is 2. The zero-order valence-corrected chi connectivity index (χ0v) is 10.5. The third-order valence-corrected chi connectivity index (χ3v) is 4.25. The summed E-state index contributed by atoms with van der Waals surface area (Å²) in [6, 6.07) is 7.91. The van der Waals surface area contributed by atoms with Crippen LogP contribution in [0.2, 0.25) is 5.02 Å². The van der Waals surface area contributed by atoms with E-state index in [2.05, 4.69) is 4.90 Å². The van der Waals surface area contributed by atoms with E-state index in [0.29, 0.717) is 17.6 Å². The van der Waals surface area contributed by atoms with Gasteiger partial charge in [-0.15, -0.1) is 0 Å². The maximum absolute atomic E-state index is 12.1. The summed E-state index contributed by atoms with van der Waals surface area (Å²) in [5.41, 5.74) is 0.736. The molecule has 0 amide bonds. The number of Topliss-reactive ketones (excluding diaryl/α,β-unsaturated/α-hetero) is 1. The first-order chi connectivity index (χ1) is 8.22. The van der Waals surface area contributed by atoms with E-state index in [9.17, 15) is 4.79 Å². The van der Waals surface area contributed by atoms with Crippen LogP contribution in [0.15, 0.2) is 24.3 Å². The third kappa shape index (κ3) is 2.24. The first-order valence-electron chi connectivity index (χ1n) is 6.25. The molecule has 3 heteroatoms. The number of hydrogen-bond donors (Lipinski definition) is 0. The molecular formula is C14H16ClNO. The number of piperidine rings is 1. The molecule has 1 saturated heterocycles. The van der Waals surface area contributed by atoms with Crippen LogP contribution in [0, 0.1) is 5.92 Å². The van der Waals surface area contributed by atoms with Crippen molar-refractivity contribution in [3.63, 3.8) is 0 Å². The van der Waals surface area contributed by atoms with Crippen molar-refractivity contribution >= 4 is 17.4 Å². The Balaban J connectivity index is 1.68. The summed E-state index contributed by atoms with van der Waals surface area (Å²) in [6.07, 6.45) is 3.92. The predicted octanol–water partition coefficient (Wildman–Crippen LogP) is 3.01. The van der Waals surface area contributed by atoms with E-state index in [-0.39, 0.29) is 5.78 Å². The molecule has 2 unspecified atom stereocenters. The Hall–Kier alpha value is -0.860. The van der Waals surface area contributed by atoms with Crippen LogP contribution in [-0.2, 0) is 0 Å². The zero-order chi connectivity index (χ0) is 11.8. The number of rotatable bonds is 3. The molecule has 2 bridgehead atoms. The van der Waals surface area contributed by atoms with Crippen LogP contribution < -0.4 is 0 Å². The molecule has 0 N–H and O–H groups in total. The maximum atomic E-state index is 12.1. The van der Waals surface area contributed by atoms with Gasteiger partial charge >= 0.3 is 0 Å². The van der Waals surface area contributed by atoms with E-state index in [4.69, 9.17) is 11.6 Å². The summed E-state index contributed by atoms with van der Waals surface area (Å²) in [7, 11) is 0. The van der Waals surface area contributed by atoms with Gasteiger partial charge in [0.05, 0.1) is 6.54 Å². The Kier molecular flexibility index (Phi) is 2.93. The predicted molar refractivity (Wildman–Crippen MR) is 68.5 cm³/mol. The van der Waals surface area contributed by atoms with E-state index in [1.54, 1.807) is 12.1 Å².